The van der Waals surface area contributed by atoms with Crippen molar-refractivity contribution in [1.82, 2.24) is 10.4 Å². The van der Waals surface area contributed by atoms with Crippen LogP contribution in [-0.4, -0.2) is 17.4 Å². The number of pyridine rings is 1. The zero-order valence-electron chi connectivity index (χ0n) is 13.6. The average molecular weight is 317 g/mol. The zero-order valence-corrected chi connectivity index (χ0v) is 13.6. The molecule has 0 unspecified atom stereocenters. The molecule has 1 aliphatic rings. The minimum absolute atomic E-state index is 0.0137. The van der Waals surface area contributed by atoms with Crippen LogP contribution < -0.4 is 10.4 Å². The number of amides is 1. The Morgan fingerprint density at radius 1 is 1.17 bits per heavy atom. The van der Waals surface area contributed by atoms with Gasteiger partial charge < -0.3 is 0 Å². The fourth-order valence-corrected chi connectivity index (χ4v) is 3.15. The molecule has 4 heteroatoms. The van der Waals surface area contributed by atoms with Crippen molar-refractivity contribution in [2.24, 2.45) is 0 Å². The first-order valence-corrected chi connectivity index (χ1v) is 8.20. The number of hydrogen-bond acceptors (Lipinski definition) is 3. The van der Waals surface area contributed by atoms with Crippen molar-refractivity contribution in [2.45, 2.75) is 19.8 Å². The van der Waals surface area contributed by atoms with Gasteiger partial charge in [0.1, 0.15) is 0 Å². The molecule has 3 aromatic rings. The molecule has 0 saturated carbocycles. The first-order valence-electron chi connectivity index (χ1n) is 8.20. The predicted octanol–water partition coefficient (Wildman–Crippen LogP) is 3.18. The number of aromatic nitrogens is 1. The Kier molecular flexibility index (Phi) is 3.65. The van der Waals surface area contributed by atoms with Crippen LogP contribution in [0.1, 0.15) is 16.7 Å². The smallest absolute Gasteiger partial charge is 0.242 e. The van der Waals surface area contributed by atoms with Crippen LogP contribution in [0, 0.1) is 6.92 Å². The number of hydrogen-bond donors (Lipinski definition) is 1. The lowest BCUT2D eigenvalue weighted by Crippen LogP contribution is -2.42. The molecule has 24 heavy (non-hydrogen) atoms. The third kappa shape index (κ3) is 2.83. The summed E-state index contributed by atoms with van der Waals surface area (Å²) in [6, 6.07) is 18.2. The Labute approximate surface area is 141 Å². The Bertz CT molecular complexity index is 905. The van der Waals surface area contributed by atoms with Gasteiger partial charge in [0.25, 0.3) is 0 Å². The predicted molar refractivity (Wildman–Crippen MR) is 95.8 cm³/mol. The maximum absolute atomic E-state index is 12.3. The van der Waals surface area contributed by atoms with E-state index in [0.717, 1.165) is 35.2 Å². The number of fused-ring (bicyclic) bond motifs is 2. The van der Waals surface area contributed by atoms with Gasteiger partial charge in [-0.25, -0.2) is 4.98 Å². The van der Waals surface area contributed by atoms with E-state index in [1.807, 2.05) is 35.3 Å². The maximum Gasteiger partial charge on any atom is 0.242 e. The normalized spacial score (nSPS) is 13.1. The van der Waals surface area contributed by atoms with Crippen LogP contribution in [0.25, 0.3) is 10.9 Å². The molecule has 1 aliphatic heterocycles. The molecule has 0 radical (unpaired) electrons. The quantitative estimate of drug-likeness (QED) is 0.807. The van der Waals surface area contributed by atoms with Crippen molar-refractivity contribution >= 4 is 22.6 Å². The van der Waals surface area contributed by atoms with E-state index in [-0.39, 0.29) is 5.91 Å². The Hall–Kier alpha value is -2.88. The van der Waals surface area contributed by atoms with E-state index in [1.165, 1.54) is 11.1 Å². The summed E-state index contributed by atoms with van der Waals surface area (Å²) in [5.74, 6) is 0.856. The van der Waals surface area contributed by atoms with Crippen molar-refractivity contribution in [2.75, 3.05) is 11.6 Å². The molecule has 4 rings (SSSR count). The van der Waals surface area contributed by atoms with Crippen molar-refractivity contribution in [1.29, 1.82) is 0 Å². The number of rotatable bonds is 3. The number of nitrogens with zero attached hydrogens (tertiary/aromatic N) is 2. The van der Waals surface area contributed by atoms with Crippen molar-refractivity contribution in [3.05, 3.63) is 71.3 Å². The largest absolute Gasteiger partial charge is 0.273 e. The third-order valence-electron chi connectivity index (χ3n) is 4.36. The molecule has 0 atom stereocenters. The molecular formula is C20H19N3O. The van der Waals surface area contributed by atoms with Gasteiger partial charge in [0.05, 0.1) is 11.9 Å². The van der Waals surface area contributed by atoms with Gasteiger partial charge in [-0.3, -0.25) is 15.2 Å². The summed E-state index contributed by atoms with van der Waals surface area (Å²) in [4.78, 5) is 17.1. The van der Waals surface area contributed by atoms with E-state index in [4.69, 9.17) is 4.98 Å². The molecule has 1 amide bonds. The molecule has 2 heterocycles. The summed E-state index contributed by atoms with van der Waals surface area (Å²) in [6.45, 7) is 2.83. The monoisotopic (exact) mass is 317 g/mol. The van der Waals surface area contributed by atoms with Gasteiger partial charge in [0, 0.05) is 11.9 Å². The van der Waals surface area contributed by atoms with E-state index in [2.05, 4.69) is 36.6 Å². The number of carbonyl (C=O) groups excluding carboxylic acids is 1. The highest BCUT2D eigenvalue weighted by molar-refractivity contribution is 5.85. The first kappa shape index (κ1) is 14.7. The van der Waals surface area contributed by atoms with Gasteiger partial charge in [-0.1, -0.05) is 42.5 Å². The fraction of sp³-hybridized carbons (Fsp3) is 0.200. The van der Waals surface area contributed by atoms with E-state index < -0.39 is 0 Å². The summed E-state index contributed by atoms with van der Waals surface area (Å²) in [6.07, 6.45) is 1.27. The molecular weight excluding hydrogens is 298 g/mol. The molecule has 120 valence electrons. The standard InChI is InChI=1S/C20H19N3O/c1-14-7-8-16-13-17-9-10-23(20(17)21-18(16)11-14)22-19(24)12-15-5-3-2-4-6-15/h2-8,11,13H,9-10,12H2,1H3,(H,22,24). The molecule has 1 N–H and O–H groups in total. The molecule has 0 spiro atoms. The highest BCUT2D eigenvalue weighted by Gasteiger charge is 2.23. The third-order valence-corrected chi connectivity index (χ3v) is 4.36. The van der Waals surface area contributed by atoms with E-state index in [0.29, 0.717) is 6.42 Å². The number of anilines is 1. The van der Waals surface area contributed by atoms with Crippen molar-refractivity contribution in [3.63, 3.8) is 0 Å². The van der Waals surface area contributed by atoms with Crippen molar-refractivity contribution < 1.29 is 4.79 Å². The Morgan fingerprint density at radius 3 is 2.83 bits per heavy atom. The summed E-state index contributed by atoms with van der Waals surface area (Å²) in [5, 5.41) is 3.03. The molecule has 1 aromatic heterocycles. The van der Waals surface area contributed by atoms with Crippen LogP contribution in [0.15, 0.2) is 54.6 Å². The highest BCUT2D eigenvalue weighted by atomic mass is 16.2. The molecule has 0 bridgehead atoms. The average Bonchev–Trinajstić information content (AvgIpc) is 2.95. The summed E-state index contributed by atoms with van der Waals surface area (Å²) < 4.78 is 0. The topological polar surface area (TPSA) is 45.2 Å². The van der Waals surface area contributed by atoms with Crippen LogP contribution in [0.5, 0.6) is 0 Å². The second kappa shape index (κ2) is 5.96. The van der Waals surface area contributed by atoms with Gasteiger partial charge in [0.2, 0.25) is 5.91 Å². The number of benzene rings is 2. The van der Waals surface area contributed by atoms with Gasteiger partial charge >= 0.3 is 0 Å². The lowest BCUT2D eigenvalue weighted by Gasteiger charge is -2.19. The minimum Gasteiger partial charge on any atom is -0.273 e. The molecule has 0 aliphatic carbocycles. The van der Waals surface area contributed by atoms with Crippen LogP contribution in [0.2, 0.25) is 0 Å². The van der Waals surface area contributed by atoms with Gasteiger partial charge in [0.15, 0.2) is 5.82 Å². The summed E-state index contributed by atoms with van der Waals surface area (Å²) >= 11 is 0. The number of hydrazine groups is 1. The maximum atomic E-state index is 12.3. The fourth-order valence-electron chi connectivity index (χ4n) is 3.15. The van der Waals surface area contributed by atoms with Crippen LogP contribution in [0.4, 0.5) is 5.82 Å². The lowest BCUT2D eigenvalue weighted by atomic mass is 10.1. The van der Waals surface area contributed by atoms with Gasteiger partial charge in [-0.15, -0.1) is 0 Å². The van der Waals surface area contributed by atoms with E-state index in [1.54, 1.807) is 0 Å². The Balaban J connectivity index is 1.56. The summed E-state index contributed by atoms with van der Waals surface area (Å²) in [7, 11) is 0. The molecule has 2 aromatic carbocycles. The SMILES string of the molecule is Cc1ccc2cc3c(nc2c1)N(NC(=O)Cc1ccccc1)CC3. The van der Waals surface area contributed by atoms with Crippen LogP contribution >= 0.6 is 0 Å². The summed E-state index contributed by atoms with van der Waals surface area (Å²) in [5.41, 5.74) is 7.35. The highest BCUT2D eigenvalue weighted by Crippen LogP contribution is 2.28. The lowest BCUT2D eigenvalue weighted by molar-refractivity contribution is -0.120. The van der Waals surface area contributed by atoms with Gasteiger partial charge in [-0.2, -0.15) is 0 Å². The zero-order chi connectivity index (χ0) is 16.5. The molecule has 0 saturated heterocycles. The van der Waals surface area contributed by atoms with E-state index >= 15 is 0 Å². The molecule has 0 fully saturated rings. The second-order valence-electron chi connectivity index (χ2n) is 6.27. The number of carbonyl (C=O) groups is 1. The number of aryl methyl sites for hydroxylation is 1. The minimum atomic E-state index is -0.0137. The van der Waals surface area contributed by atoms with Crippen molar-refractivity contribution in [3.8, 4) is 0 Å². The number of nitrogens with one attached hydrogen (secondary N) is 1. The second-order valence-corrected chi connectivity index (χ2v) is 6.27. The van der Waals surface area contributed by atoms with Crippen LogP contribution in [-0.2, 0) is 17.6 Å². The first-order chi connectivity index (χ1) is 11.7. The van der Waals surface area contributed by atoms with E-state index in [9.17, 15) is 4.79 Å². The van der Waals surface area contributed by atoms with Crippen LogP contribution in [0.3, 0.4) is 0 Å². The Morgan fingerprint density at radius 2 is 2.00 bits per heavy atom. The molecule has 4 nitrogen and oxygen atoms in total. The van der Waals surface area contributed by atoms with Gasteiger partial charge in [-0.05, 0) is 42.2 Å².